The van der Waals surface area contributed by atoms with Crippen LogP contribution >= 0.6 is 11.6 Å². The molecule has 0 bridgehead atoms. The minimum Gasteiger partial charge on any atom is -0.517 e. The Morgan fingerprint density at radius 2 is 2.06 bits per heavy atom. The van der Waals surface area contributed by atoms with E-state index in [0.717, 1.165) is 5.92 Å². The summed E-state index contributed by atoms with van der Waals surface area (Å²) in [5, 5.41) is 0.0386. The van der Waals surface area contributed by atoms with Gasteiger partial charge in [0.25, 0.3) is 0 Å². The summed E-state index contributed by atoms with van der Waals surface area (Å²) in [4.78, 5) is 0. The van der Waals surface area contributed by atoms with Crippen molar-refractivity contribution in [3.05, 3.63) is 29.0 Å². The van der Waals surface area contributed by atoms with Gasteiger partial charge in [-0.15, -0.1) is 12.1 Å². The van der Waals surface area contributed by atoms with Crippen LogP contribution in [-0.2, 0) is 0 Å². The van der Waals surface area contributed by atoms with E-state index in [9.17, 15) is 4.39 Å². The third-order valence-corrected chi connectivity index (χ3v) is 3.82. The summed E-state index contributed by atoms with van der Waals surface area (Å²) < 4.78 is 18.7. The molecule has 0 heterocycles. The zero-order valence-electron chi connectivity index (χ0n) is 11.0. The molecule has 18 heavy (non-hydrogen) atoms. The first kappa shape index (κ1) is 17.1. The Morgan fingerprint density at radius 1 is 1.39 bits per heavy atom. The van der Waals surface area contributed by atoms with E-state index < -0.39 is 5.82 Å². The number of halogens is 2. The number of hydrogen-bond donors (Lipinski definition) is 0. The van der Waals surface area contributed by atoms with Crippen molar-refractivity contribution in [1.29, 1.82) is 0 Å². The van der Waals surface area contributed by atoms with Crippen molar-refractivity contribution >= 4 is 11.6 Å². The van der Waals surface area contributed by atoms with Crippen LogP contribution in [0.5, 0.6) is 5.75 Å². The van der Waals surface area contributed by atoms with Crippen molar-refractivity contribution in [2.75, 3.05) is 6.61 Å². The first-order valence-electron chi connectivity index (χ1n) is 6.15. The Morgan fingerprint density at radius 3 is 2.72 bits per heavy atom. The zero-order valence-corrected chi connectivity index (χ0v) is 16.7. The molecular formula is C14H17ClFORb. The largest absolute Gasteiger partial charge is 1.00 e. The molecule has 0 saturated heterocycles. The van der Waals surface area contributed by atoms with Crippen molar-refractivity contribution in [3.63, 3.8) is 0 Å². The van der Waals surface area contributed by atoms with Gasteiger partial charge in [0.1, 0.15) is 0 Å². The molecule has 1 aliphatic carbocycles. The summed E-state index contributed by atoms with van der Waals surface area (Å²) in [6, 6.07) is 5.57. The van der Waals surface area contributed by atoms with Crippen LogP contribution < -0.4 is 62.9 Å². The van der Waals surface area contributed by atoms with E-state index in [4.69, 9.17) is 16.3 Å². The van der Waals surface area contributed by atoms with Gasteiger partial charge in [0.15, 0.2) is 0 Å². The number of benzene rings is 1. The van der Waals surface area contributed by atoms with E-state index in [1.807, 2.05) is 0 Å². The van der Waals surface area contributed by atoms with Gasteiger partial charge in [0.05, 0.1) is 6.61 Å². The van der Waals surface area contributed by atoms with E-state index in [0.29, 0.717) is 18.3 Å². The van der Waals surface area contributed by atoms with Crippen LogP contribution in [0, 0.1) is 23.7 Å². The molecular weight excluding hydrogens is 324 g/mol. The molecule has 0 amide bonds. The maximum Gasteiger partial charge on any atom is 1.00 e. The van der Waals surface area contributed by atoms with Gasteiger partial charge in [-0.25, -0.2) is 4.39 Å². The molecule has 1 nitrogen and oxygen atoms in total. The summed E-state index contributed by atoms with van der Waals surface area (Å²) in [6.07, 6.45) is 4.91. The van der Waals surface area contributed by atoms with Crippen LogP contribution in [0.15, 0.2) is 12.1 Å². The standard InChI is InChI=1S/C14H17ClFO.Rb/c1-10-5-7-11(8-6-10)9-17-13-4-2-3-12(16)14(13)15;/h2,4,10-11H,5-9H2,1H3;/q-1;+1. The fourth-order valence-electron chi connectivity index (χ4n) is 2.25. The summed E-state index contributed by atoms with van der Waals surface area (Å²) in [5.41, 5.74) is 0. The molecule has 0 atom stereocenters. The minimum atomic E-state index is -0.540. The molecule has 4 heteroatoms. The third-order valence-electron chi connectivity index (χ3n) is 3.46. The van der Waals surface area contributed by atoms with Crippen LogP contribution in [0.25, 0.3) is 0 Å². The minimum absolute atomic E-state index is 0. The van der Waals surface area contributed by atoms with Crippen LogP contribution in [0.1, 0.15) is 32.6 Å². The Hall–Kier alpha value is 1.05. The molecule has 0 aliphatic heterocycles. The van der Waals surface area contributed by atoms with Crippen molar-refractivity contribution in [3.8, 4) is 5.75 Å². The summed E-state index contributed by atoms with van der Waals surface area (Å²) >= 11 is 5.80. The van der Waals surface area contributed by atoms with Gasteiger partial charge in [-0.05, 0) is 24.7 Å². The van der Waals surface area contributed by atoms with Gasteiger partial charge >= 0.3 is 58.2 Å². The maximum atomic E-state index is 13.1. The van der Waals surface area contributed by atoms with Gasteiger partial charge in [-0.2, -0.15) is 17.7 Å². The van der Waals surface area contributed by atoms with Gasteiger partial charge in [0, 0.05) is 16.6 Å². The van der Waals surface area contributed by atoms with Crippen molar-refractivity contribution in [2.45, 2.75) is 32.6 Å². The van der Waals surface area contributed by atoms with Crippen molar-refractivity contribution in [2.24, 2.45) is 11.8 Å². The molecule has 0 spiro atoms. The maximum absolute atomic E-state index is 13.1. The number of ether oxygens (including phenoxy) is 1. The predicted molar refractivity (Wildman–Crippen MR) is 66.9 cm³/mol. The zero-order chi connectivity index (χ0) is 12.3. The summed E-state index contributed by atoms with van der Waals surface area (Å²) in [6.45, 7) is 2.92. The smallest absolute Gasteiger partial charge is 0.517 e. The Labute approximate surface area is 162 Å². The van der Waals surface area contributed by atoms with Gasteiger partial charge in [-0.3, -0.25) is 0 Å². The van der Waals surface area contributed by atoms with E-state index in [2.05, 4.69) is 13.0 Å². The van der Waals surface area contributed by atoms with E-state index in [1.165, 1.54) is 31.7 Å². The first-order chi connectivity index (χ1) is 8.16. The molecule has 0 aromatic heterocycles. The van der Waals surface area contributed by atoms with Crippen LogP contribution in [0.3, 0.4) is 0 Å². The monoisotopic (exact) mass is 340 g/mol. The molecule has 0 unspecified atom stereocenters. The molecule has 2 rings (SSSR count). The van der Waals surface area contributed by atoms with Crippen molar-refractivity contribution in [1.82, 2.24) is 0 Å². The topological polar surface area (TPSA) is 9.23 Å². The first-order valence-corrected chi connectivity index (χ1v) is 6.53. The van der Waals surface area contributed by atoms with E-state index in [-0.39, 0.29) is 63.2 Å². The molecule has 1 fully saturated rings. The molecule has 94 valence electrons. The van der Waals surface area contributed by atoms with Gasteiger partial charge < -0.3 is 4.74 Å². The fourth-order valence-corrected chi connectivity index (χ4v) is 2.42. The predicted octanol–water partition coefficient (Wildman–Crippen LogP) is 1.49. The van der Waals surface area contributed by atoms with E-state index in [1.54, 1.807) is 6.07 Å². The molecule has 0 radical (unpaired) electrons. The summed E-state index contributed by atoms with van der Waals surface area (Å²) in [7, 11) is 0. The average molecular weight is 341 g/mol. The second kappa shape index (κ2) is 8.36. The molecule has 1 aromatic carbocycles. The number of hydrogen-bond acceptors (Lipinski definition) is 1. The fraction of sp³-hybridized carbons (Fsp3) is 0.571. The quantitative estimate of drug-likeness (QED) is 0.757. The Bertz CT molecular complexity index is 378. The van der Waals surface area contributed by atoms with Crippen LogP contribution in [0.4, 0.5) is 4.39 Å². The van der Waals surface area contributed by atoms with Crippen LogP contribution in [0.2, 0.25) is 5.02 Å². The number of rotatable bonds is 3. The SMILES string of the molecule is CC1CCC(COc2cc[c-]c(F)c2Cl)CC1.[Rb+]. The second-order valence-corrected chi connectivity index (χ2v) is 5.28. The van der Waals surface area contributed by atoms with Gasteiger partial charge in [0.2, 0.25) is 0 Å². The Balaban J connectivity index is 0.00000162. The molecule has 0 N–H and O–H groups in total. The third kappa shape index (κ3) is 4.86. The average Bonchev–Trinajstić information content (AvgIpc) is 2.33. The van der Waals surface area contributed by atoms with E-state index >= 15 is 0 Å². The normalized spacial score (nSPS) is 23.3. The second-order valence-electron chi connectivity index (χ2n) is 4.91. The summed E-state index contributed by atoms with van der Waals surface area (Å²) in [5.74, 6) is 1.30. The van der Waals surface area contributed by atoms with Gasteiger partial charge in [-0.1, -0.05) is 19.8 Å². The van der Waals surface area contributed by atoms with Crippen LogP contribution in [-0.4, -0.2) is 6.61 Å². The van der Waals surface area contributed by atoms with Crippen molar-refractivity contribution < 1.29 is 67.3 Å². The Kier molecular flexibility index (Phi) is 7.94. The molecule has 1 saturated carbocycles. The molecule has 1 aromatic rings. The molecule has 1 aliphatic rings.